The normalized spacial score (nSPS) is 12.8. The summed E-state index contributed by atoms with van der Waals surface area (Å²) in [6, 6.07) is 22.6. The van der Waals surface area contributed by atoms with E-state index in [9.17, 15) is 18.3 Å². The third-order valence-corrected chi connectivity index (χ3v) is 8.25. The van der Waals surface area contributed by atoms with Crippen molar-refractivity contribution in [3.8, 4) is 5.75 Å². The summed E-state index contributed by atoms with van der Waals surface area (Å²) in [7, 11) is -3.90. The Kier molecular flexibility index (Phi) is 7.57. The van der Waals surface area contributed by atoms with Gasteiger partial charge in [0.15, 0.2) is 0 Å². The third-order valence-electron chi connectivity index (χ3n) is 6.12. The van der Waals surface area contributed by atoms with Gasteiger partial charge in [0, 0.05) is 27.5 Å². The molecule has 1 atom stereocenters. The molecule has 4 rings (SSSR count). The van der Waals surface area contributed by atoms with E-state index in [1.165, 1.54) is 42.5 Å². The Morgan fingerprint density at radius 1 is 0.946 bits per heavy atom. The van der Waals surface area contributed by atoms with Crippen LogP contribution in [-0.4, -0.2) is 26.0 Å². The summed E-state index contributed by atoms with van der Waals surface area (Å²) in [5.74, 6) is -0.646. The van der Waals surface area contributed by atoms with Crippen LogP contribution in [0.3, 0.4) is 0 Å². The van der Waals surface area contributed by atoms with Crippen LogP contribution in [0.1, 0.15) is 35.9 Å². The van der Waals surface area contributed by atoms with Crippen molar-refractivity contribution in [2.75, 3.05) is 11.3 Å². The van der Waals surface area contributed by atoms with Crippen LogP contribution in [0.4, 0.5) is 10.1 Å². The fourth-order valence-electron chi connectivity index (χ4n) is 4.01. The number of phenols is 1. The topological polar surface area (TPSA) is 95.5 Å². The van der Waals surface area contributed by atoms with E-state index in [1.54, 1.807) is 44.2 Å². The molecular weight excluding hydrogens is 559 g/mol. The number of benzene rings is 4. The second-order valence-corrected chi connectivity index (χ2v) is 11.9. The van der Waals surface area contributed by atoms with Gasteiger partial charge in [-0.2, -0.15) is 0 Å². The Bertz CT molecular complexity index is 1560. The van der Waals surface area contributed by atoms with Crippen LogP contribution in [0.25, 0.3) is 10.8 Å². The van der Waals surface area contributed by atoms with E-state index >= 15 is 4.39 Å². The van der Waals surface area contributed by atoms with E-state index in [1.807, 2.05) is 12.1 Å². The molecule has 0 spiro atoms. The highest BCUT2D eigenvalue weighted by molar-refractivity contribution is 9.10. The molecule has 1 amide bonds. The molecular formula is C28H26BrFN2O4S. The molecule has 0 radical (unpaired) electrons. The molecule has 0 aliphatic heterocycles. The highest BCUT2D eigenvalue weighted by atomic mass is 79.9. The minimum absolute atomic E-state index is 0.0202. The van der Waals surface area contributed by atoms with E-state index in [2.05, 4.69) is 26.0 Å². The van der Waals surface area contributed by atoms with Crippen molar-refractivity contribution in [1.82, 2.24) is 5.32 Å². The Balaban J connectivity index is 1.47. The summed E-state index contributed by atoms with van der Waals surface area (Å²) in [5.41, 5.74) is -0.214. The van der Waals surface area contributed by atoms with Gasteiger partial charge in [0.2, 0.25) is 0 Å². The lowest BCUT2D eigenvalue weighted by molar-refractivity contribution is 0.0888. The first-order valence-corrected chi connectivity index (χ1v) is 13.8. The van der Waals surface area contributed by atoms with Crippen LogP contribution >= 0.6 is 15.9 Å². The number of nitrogens with one attached hydrogen (secondary N) is 2. The number of hydrogen-bond acceptors (Lipinski definition) is 4. The fourth-order valence-corrected chi connectivity index (χ4v) is 5.76. The summed E-state index contributed by atoms with van der Waals surface area (Å²) in [5, 5.41) is 13.9. The van der Waals surface area contributed by atoms with Crippen LogP contribution < -0.4 is 10.0 Å². The molecule has 0 bridgehead atoms. The second-order valence-electron chi connectivity index (χ2n) is 9.37. The number of amides is 1. The number of fused-ring (bicyclic) bond motifs is 1. The largest absolute Gasteiger partial charge is 0.507 e. The quantitative estimate of drug-likeness (QED) is 0.218. The van der Waals surface area contributed by atoms with Crippen LogP contribution in [0.15, 0.2) is 94.3 Å². The number of carbonyl (C=O) groups is 1. The number of para-hydroxylation sites is 1. The molecule has 0 heterocycles. The molecule has 0 fully saturated rings. The highest BCUT2D eigenvalue weighted by Gasteiger charge is 2.32. The molecule has 0 aliphatic rings. The Morgan fingerprint density at radius 2 is 1.57 bits per heavy atom. The number of aromatic hydroxyl groups is 1. The third kappa shape index (κ3) is 5.78. The SMILES string of the molecule is CC(C)(CNC(=O)c1ccccc1O)C(F)c1ccc(NS(=O)(=O)c2ccc(Br)c3ccccc23)cc1. The number of alkyl halides is 1. The molecule has 6 nitrogen and oxygen atoms in total. The Hall–Kier alpha value is -3.43. The van der Waals surface area contributed by atoms with Crippen molar-refractivity contribution in [2.45, 2.75) is 24.9 Å². The average Bonchev–Trinajstić information content (AvgIpc) is 2.87. The fraction of sp³-hybridized carbons (Fsp3) is 0.179. The van der Waals surface area contributed by atoms with Gasteiger partial charge in [0.05, 0.1) is 10.5 Å². The van der Waals surface area contributed by atoms with E-state index < -0.39 is 27.5 Å². The van der Waals surface area contributed by atoms with Crippen molar-refractivity contribution < 1.29 is 22.7 Å². The van der Waals surface area contributed by atoms with Crippen molar-refractivity contribution >= 4 is 48.3 Å². The monoisotopic (exact) mass is 584 g/mol. The van der Waals surface area contributed by atoms with Gasteiger partial charge >= 0.3 is 0 Å². The second kappa shape index (κ2) is 10.5. The van der Waals surface area contributed by atoms with Crippen LogP contribution in [0.5, 0.6) is 5.75 Å². The Labute approximate surface area is 223 Å². The van der Waals surface area contributed by atoms with Gasteiger partial charge in [-0.1, -0.05) is 78.3 Å². The molecule has 192 valence electrons. The average molecular weight is 585 g/mol. The predicted octanol–water partition coefficient (Wildman–Crippen LogP) is 6.58. The van der Waals surface area contributed by atoms with Gasteiger partial charge in [0.25, 0.3) is 15.9 Å². The molecule has 4 aromatic carbocycles. The van der Waals surface area contributed by atoms with Crippen LogP contribution in [-0.2, 0) is 10.0 Å². The molecule has 0 aromatic heterocycles. The van der Waals surface area contributed by atoms with Gasteiger partial charge in [-0.05, 0) is 47.3 Å². The minimum Gasteiger partial charge on any atom is -0.507 e. The predicted molar refractivity (Wildman–Crippen MR) is 147 cm³/mol. The van der Waals surface area contributed by atoms with E-state index in [0.29, 0.717) is 16.6 Å². The van der Waals surface area contributed by atoms with Gasteiger partial charge in [-0.25, -0.2) is 12.8 Å². The number of rotatable bonds is 8. The zero-order valence-electron chi connectivity index (χ0n) is 20.2. The van der Waals surface area contributed by atoms with Gasteiger partial charge < -0.3 is 10.4 Å². The lowest BCUT2D eigenvalue weighted by Crippen LogP contribution is -2.36. The molecule has 1 unspecified atom stereocenters. The van der Waals surface area contributed by atoms with Gasteiger partial charge in [-0.3, -0.25) is 9.52 Å². The number of halogens is 2. The smallest absolute Gasteiger partial charge is 0.262 e. The summed E-state index contributed by atoms with van der Waals surface area (Å²) >= 11 is 3.45. The van der Waals surface area contributed by atoms with Gasteiger partial charge in [-0.15, -0.1) is 0 Å². The molecule has 0 saturated carbocycles. The van der Waals surface area contributed by atoms with E-state index in [4.69, 9.17) is 0 Å². The van der Waals surface area contributed by atoms with Crippen LogP contribution in [0, 0.1) is 5.41 Å². The van der Waals surface area contributed by atoms with Gasteiger partial charge in [0.1, 0.15) is 11.9 Å². The summed E-state index contributed by atoms with van der Waals surface area (Å²) < 4.78 is 45.1. The van der Waals surface area contributed by atoms with Crippen molar-refractivity contribution in [1.29, 1.82) is 0 Å². The Morgan fingerprint density at radius 3 is 2.24 bits per heavy atom. The molecule has 0 saturated heterocycles. The molecule has 9 heteroatoms. The molecule has 4 aromatic rings. The molecule has 0 aliphatic carbocycles. The first-order chi connectivity index (χ1) is 17.5. The summed E-state index contributed by atoms with van der Waals surface area (Å²) in [6.45, 7) is 3.38. The number of sulfonamides is 1. The maximum Gasteiger partial charge on any atom is 0.262 e. The number of hydrogen-bond donors (Lipinski definition) is 3. The zero-order valence-corrected chi connectivity index (χ0v) is 22.6. The number of carbonyl (C=O) groups excluding carboxylic acids is 1. The lowest BCUT2D eigenvalue weighted by Gasteiger charge is -2.29. The van der Waals surface area contributed by atoms with Crippen molar-refractivity contribution in [2.24, 2.45) is 5.41 Å². The maximum atomic E-state index is 15.4. The number of phenolic OH excluding ortho intramolecular Hbond substituents is 1. The molecule has 3 N–H and O–H groups in total. The lowest BCUT2D eigenvalue weighted by atomic mass is 9.83. The molecule has 37 heavy (non-hydrogen) atoms. The van der Waals surface area contributed by atoms with Crippen molar-refractivity contribution in [3.05, 3.63) is 101 Å². The van der Waals surface area contributed by atoms with Crippen molar-refractivity contribution in [3.63, 3.8) is 0 Å². The highest BCUT2D eigenvalue weighted by Crippen LogP contribution is 2.37. The summed E-state index contributed by atoms with van der Waals surface area (Å²) in [4.78, 5) is 12.5. The first kappa shape index (κ1) is 26.6. The maximum absolute atomic E-state index is 15.4. The minimum atomic E-state index is -3.90. The summed E-state index contributed by atoms with van der Waals surface area (Å²) in [6.07, 6.45) is -1.45. The van der Waals surface area contributed by atoms with Crippen LogP contribution in [0.2, 0.25) is 0 Å². The first-order valence-electron chi connectivity index (χ1n) is 11.5. The van der Waals surface area contributed by atoms with E-state index in [0.717, 1.165) is 9.86 Å². The standard InChI is InChI=1S/C28H26BrFN2O4S/c1-28(2,17-31-27(34)22-9-5-6-10-24(22)33)26(30)18-11-13-19(14-12-18)32-37(35,36)25-16-15-23(29)20-7-3-4-8-21(20)25/h3-16,26,32-33H,17H2,1-2H3,(H,31,34). The zero-order chi connectivity index (χ0) is 26.8. The van der Waals surface area contributed by atoms with E-state index in [-0.39, 0.29) is 22.8 Å². The number of anilines is 1.